The smallest absolute Gasteiger partial charge is 0.101 e. The first kappa shape index (κ1) is 41.1. The van der Waals surface area contributed by atoms with Crippen molar-refractivity contribution in [2.75, 3.05) is 59.5 Å². The quantitative estimate of drug-likeness (QED) is 0.133. The van der Waals surface area contributed by atoms with Crippen molar-refractivity contribution in [3.05, 3.63) is 23.8 Å². The fourth-order valence-electron chi connectivity index (χ4n) is 4.25. The third-order valence-electron chi connectivity index (χ3n) is 7.34. The first-order valence-electron chi connectivity index (χ1n) is 16.5. The highest BCUT2D eigenvalue weighted by Gasteiger charge is 2.28. The van der Waals surface area contributed by atoms with Crippen molar-refractivity contribution in [1.29, 1.82) is 0 Å². The highest BCUT2D eigenvalue weighted by Crippen LogP contribution is 2.30. The zero-order valence-corrected chi connectivity index (χ0v) is 29.0. The van der Waals surface area contributed by atoms with Crippen LogP contribution in [0.25, 0.3) is 0 Å². The molecule has 0 fully saturated rings. The van der Waals surface area contributed by atoms with Gasteiger partial charge in [0.15, 0.2) is 0 Å². The first-order valence-corrected chi connectivity index (χ1v) is 16.5. The van der Waals surface area contributed by atoms with Crippen LogP contribution < -0.4 is 0 Å². The van der Waals surface area contributed by atoms with E-state index >= 15 is 0 Å². The van der Waals surface area contributed by atoms with Gasteiger partial charge >= 0.3 is 0 Å². The molecule has 9 unspecified atom stereocenters. The third kappa shape index (κ3) is 18.9. The van der Waals surface area contributed by atoms with E-state index in [9.17, 15) is 5.11 Å². The van der Waals surface area contributed by atoms with Crippen molar-refractivity contribution >= 4 is 0 Å². The number of aliphatic hydroxyl groups excluding tert-OH is 2. The van der Waals surface area contributed by atoms with Crippen LogP contribution in [0.15, 0.2) is 23.8 Å². The van der Waals surface area contributed by atoms with Crippen molar-refractivity contribution < 1.29 is 48.1 Å². The van der Waals surface area contributed by atoms with Crippen molar-refractivity contribution in [1.82, 2.24) is 0 Å². The van der Waals surface area contributed by atoms with Crippen LogP contribution in [-0.4, -0.2) is 124 Å². The van der Waals surface area contributed by atoms with Gasteiger partial charge in [0.2, 0.25) is 0 Å². The Labute approximate surface area is 267 Å². The average molecular weight is 633 g/mol. The summed E-state index contributed by atoms with van der Waals surface area (Å²) in [4.78, 5) is 0. The van der Waals surface area contributed by atoms with Crippen molar-refractivity contribution in [3.8, 4) is 0 Å². The predicted octanol–water partition coefficient (Wildman–Crippen LogP) is 4.64. The normalized spacial score (nSPS) is 22.6. The van der Waals surface area contributed by atoms with Gasteiger partial charge < -0.3 is 48.1 Å². The number of rotatable bonds is 27. The van der Waals surface area contributed by atoms with E-state index in [2.05, 4.69) is 32.1 Å². The van der Waals surface area contributed by atoms with Crippen LogP contribution >= 0.6 is 0 Å². The lowest BCUT2D eigenvalue weighted by atomic mass is 9.88. The SMILES string of the molecule is CCC1=CC(CC)(OCC(O)COC(C)COC(C)COC(C)COC(C)COC(C)COC(C)COC(C)CO)CC=C1. The lowest BCUT2D eigenvalue weighted by molar-refractivity contribution is -0.113. The number of allylic oxidation sites excluding steroid dienone is 2. The molecular weight excluding hydrogens is 568 g/mol. The van der Waals surface area contributed by atoms with E-state index in [0.717, 1.165) is 19.3 Å². The second-order valence-electron chi connectivity index (χ2n) is 12.3. The maximum Gasteiger partial charge on any atom is 0.101 e. The van der Waals surface area contributed by atoms with Gasteiger partial charge in [-0.3, -0.25) is 0 Å². The van der Waals surface area contributed by atoms with E-state index in [1.807, 2.05) is 48.5 Å². The van der Waals surface area contributed by atoms with Crippen LogP contribution in [0.1, 0.15) is 81.6 Å². The average Bonchev–Trinajstić information content (AvgIpc) is 3.03. The molecule has 9 atom stereocenters. The van der Waals surface area contributed by atoms with Gasteiger partial charge in [0, 0.05) is 0 Å². The molecule has 260 valence electrons. The van der Waals surface area contributed by atoms with Crippen LogP contribution in [-0.2, 0) is 37.9 Å². The number of hydrogen-bond acceptors (Lipinski definition) is 10. The molecule has 44 heavy (non-hydrogen) atoms. The van der Waals surface area contributed by atoms with Crippen LogP contribution in [0.5, 0.6) is 0 Å². The van der Waals surface area contributed by atoms with Crippen LogP contribution in [0.3, 0.4) is 0 Å². The maximum atomic E-state index is 10.4. The van der Waals surface area contributed by atoms with Gasteiger partial charge in [0.25, 0.3) is 0 Å². The molecule has 0 amide bonds. The van der Waals surface area contributed by atoms with Gasteiger partial charge in [-0.05, 0) is 79.4 Å². The van der Waals surface area contributed by atoms with Crippen LogP contribution in [0.2, 0.25) is 0 Å². The van der Waals surface area contributed by atoms with Crippen molar-refractivity contribution in [3.63, 3.8) is 0 Å². The molecule has 0 aromatic carbocycles. The molecule has 10 nitrogen and oxygen atoms in total. The first-order chi connectivity index (χ1) is 20.9. The summed E-state index contributed by atoms with van der Waals surface area (Å²) >= 11 is 0. The molecular formula is C34H64O10. The Morgan fingerprint density at radius 2 is 1.00 bits per heavy atom. The van der Waals surface area contributed by atoms with E-state index in [-0.39, 0.29) is 68.1 Å². The van der Waals surface area contributed by atoms with Gasteiger partial charge in [-0.1, -0.05) is 26.0 Å². The molecule has 0 aromatic rings. The van der Waals surface area contributed by atoms with Crippen LogP contribution in [0, 0.1) is 0 Å². The minimum atomic E-state index is -0.702. The zero-order chi connectivity index (χ0) is 33.0. The summed E-state index contributed by atoms with van der Waals surface area (Å²) in [5, 5.41) is 19.5. The molecule has 1 rings (SSSR count). The largest absolute Gasteiger partial charge is 0.394 e. The van der Waals surface area contributed by atoms with Crippen molar-refractivity contribution in [2.24, 2.45) is 0 Å². The van der Waals surface area contributed by atoms with Gasteiger partial charge in [-0.2, -0.15) is 0 Å². The molecule has 0 bridgehead atoms. The minimum absolute atomic E-state index is 0.00444. The van der Waals surface area contributed by atoms with Gasteiger partial charge in [-0.25, -0.2) is 0 Å². The van der Waals surface area contributed by atoms with E-state index in [4.69, 9.17) is 43.0 Å². The Bertz CT molecular complexity index is 777. The molecule has 0 aliphatic heterocycles. The van der Waals surface area contributed by atoms with E-state index in [1.165, 1.54) is 5.57 Å². The Kier molecular flexibility index (Phi) is 21.9. The molecule has 0 spiro atoms. The monoisotopic (exact) mass is 632 g/mol. The molecule has 0 saturated carbocycles. The summed E-state index contributed by atoms with van der Waals surface area (Å²) in [6.07, 6.45) is 7.65. The minimum Gasteiger partial charge on any atom is -0.394 e. The lowest BCUT2D eigenvalue weighted by Gasteiger charge is -2.33. The summed E-state index contributed by atoms with van der Waals surface area (Å²) in [6.45, 7) is 20.8. The topological polar surface area (TPSA) is 114 Å². The summed E-state index contributed by atoms with van der Waals surface area (Å²) in [6, 6.07) is 0. The Morgan fingerprint density at radius 3 is 1.36 bits per heavy atom. The highest BCUT2D eigenvalue weighted by atomic mass is 16.6. The van der Waals surface area contributed by atoms with Crippen molar-refractivity contribution in [2.45, 2.75) is 136 Å². The second-order valence-corrected chi connectivity index (χ2v) is 12.3. The number of ether oxygens (including phenoxy) is 8. The molecule has 0 radical (unpaired) electrons. The third-order valence-corrected chi connectivity index (χ3v) is 7.34. The molecule has 0 heterocycles. The summed E-state index contributed by atoms with van der Waals surface area (Å²) in [5.74, 6) is 0. The zero-order valence-electron chi connectivity index (χ0n) is 29.0. The predicted molar refractivity (Wildman–Crippen MR) is 172 cm³/mol. The maximum absolute atomic E-state index is 10.4. The van der Waals surface area contributed by atoms with E-state index in [0.29, 0.717) is 39.6 Å². The van der Waals surface area contributed by atoms with Gasteiger partial charge in [0.1, 0.15) is 6.10 Å². The fourth-order valence-corrected chi connectivity index (χ4v) is 4.25. The molecule has 10 heteroatoms. The number of hydrogen-bond donors (Lipinski definition) is 2. The van der Waals surface area contributed by atoms with E-state index < -0.39 is 6.10 Å². The molecule has 1 aliphatic carbocycles. The molecule has 0 aromatic heterocycles. The molecule has 1 aliphatic rings. The number of aliphatic hydroxyl groups is 2. The van der Waals surface area contributed by atoms with Gasteiger partial charge in [-0.15, -0.1) is 0 Å². The Balaban J connectivity index is 2.13. The lowest BCUT2D eigenvalue weighted by Crippen LogP contribution is -2.36. The summed E-state index contributed by atoms with van der Waals surface area (Å²) in [7, 11) is 0. The van der Waals surface area contributed by atoms with Crippen LogP contribution in [0.4, 0.5) is 0 Å². The van der Waals surface area contributed by atoms with Gasteiger partial charge in [0.05, 0.1) is 108 Å². The Morgan fingerprint density at radius 1 is 0.614 bits per heavy atom. The summed E-state index contributed by atoms with van der Waals surface area (Å²) < 4.78 is 46.7. The highest BCUT2D eigenvalue weighted by molar-refractivity contribution is 5.28. The molecule has 2 N–H and O–H groups in total. The van der Waals surface area contributed by atoms with E-state index in [1.54, 1.807) is 0 Å². The molecule has 0 saturated heterocycles. The standard InChI is InChI=1S/C34H64O10/c1-10-32-13-12-14-34(11-2,15-32)44-24-33(36)23-43-31(9)22-42-30(8)21-41-29(7)20-40-28(6)19-39-27(5)18-38-26(4)17-37-25(3)16-35/h12-13,15,25-31,33,35-36H,10-11,14,16-24H2,1-9H3. The Hall–Kier alpha value is -0.920. The fraction of sp³-hybridized carbons (Fsp3) is 0.882. The summed E-state index contributed by atoms with van der Waals surface area (Å²) in [5.41, 5.74) is 0.924. The second kappa shape index (κ2) is 23.4.